The van der Waals surface area contributed by atoms with E-state index in [1.807, 2.05) is 11.9 Å². The highest BCUT2D eigenvalue weighted by molar-refractivity contribution is 5.48. The van der Waals surface area contributed by atoms with Crippen molar-refractivity contribution in [2.24, 2.45) is 27.1 Å². The van der Waals surface area contributed by atoms with E-state index in [1.54, 1.807) is 0 Å². The largest absolute Gasteiger partial charge is 0.343 e. The van der Waals surface area contributed by atoms with Crippen LogP contribution in [-0.2, 0) is 4.79 Å². The van der Waals surface area contributed by atoms with Crippen LogP contribution in [0.4, 0.5) is 0 Å². The molecule has 144 valence electrons. The van der Waals surface area contributed by atoms with Crippen LogP contribution >= 0.6 is 0 Å². The third-order valence-corrected chi connectivity index (χ3v) is 9.83. The quantitative estimate of drug-likeness (QED) is 0.469. The van der Waals surface area contributed by atoms with Gasteiger partial charge in [0.15, 0.2) is 0 Å². The summed E-state index contributed by atoms with van der Waals surface area (Å²) in [4.78, 5) is 13.3. The fourth-order valence-corrected chi connectivity index (χ4v) is 4.19. The number of amides is 1. The van der Waals surface area contributed by atoms with Crippen LogP contribution in [0.25, 0.3) is 0 Å². The summed E-state index contributed by atoms with van der Waals surface area (Å²) in [5.74, 6) is 0. The molecule has 0 radical (unpaired) electrons. The lowest BCUT2D eigenvalue weighted by atomic mass is 9.40. The zero-order valence-corrected chi connectivity index (χ0v) is 19.1. The third-order valence-electron chi connectivity index (χ3n) is 9.83. The first-order chi connectivity index (χ1) is 10.3. The maximum atomic E-state index is 11.5. The second-order valence-corrected chi connectivity index (χ2v) is 11.0. The molecule has 0 aromatic carbocycles. The molecule has 24 heavy (non-hydrogen) atoms. The van der Waals surface area contributed by atoms with Gasteiger partial charge in [0.2, 0.25) is 6.41 Å². The van der Waals surface area contributed by atoms with E-state index in [0.717, 1.165) is 12.8 Å². The van der Waals surface area contributed by atoms with Gasteiger partial charge in [0.05, 0.1) is 0 Å². The van der Waals surface area contributed by atoms with Crippen molar-refractivity contribution in [1.29, 1.82) is 0 Å². The van der Waals surface area contributed by atoms with E-state index in [4.69, 9.17) is 0 Å². The van der Waals surface area contributed by atoms with Crippen LogP contribution in [-0.4, -0.2) is 23.9 Å². The molecule has 0 heterocycles. The highest BCUT2D eigenvalue weighted by atomic mass is 16.1. The van der Waals surface area contributed by atoms with Crippen molar-refractivity contribution in [3.05, 3.63) is 0 Å². The molecular formula is C22H45NO. The van der Waals surface area contributed by atoms with E-state index in [-0.39, 0.29) is 32.6 Å². The van der Waals surface area contributed by atoms with Gasteiger partial charge in [0.25, 0.3) is 0 Å². The first kappa shape index (κ1) is 23.5. The smallest absolute Gasteiger partial charge is 0.209 e. The van der Waals surface area contributed by atoms with Crippen molar-refractivity contribution in [2.45, 2.75) is 102 Å². The van der Waals surface area contributed by atoms with Gasteiger partial charge < -0.3 is 4.90 Å². The summed E-state index contributed by atoms with van der Waals surface area (Å²) in [6.45, 7) is 30.6. The summed E-state index contributed by atoms with van der Waals surface area (Å²) in [7, 11) is 1.90. The van der Waals surface area contributed by atoms with Crippen LogP contribution in [0.1, 0.15) is 96.4 Å². The van der Waals surface area contributed by atoms with Crippen LogP contribution in [0.3, 0.4) is 0 Å². The lowest BCUT2D eigenvalue weighted by Gasteiger charge is -2.66. The Morgan fingerprint density at radius 1 is 0.667 bits per heavy atom. The molecular weight excluding hydrogens is 294 g/mol. The molecule has 1 amide bonds. The molecule has 0 rings (SSSR count). The molecule has 0 saturated heterocycles. The molecule has 0 aliphatic rings. The monoisotopic (exact) mass is 339 g/mol. The molecule has 2 nitrogen and oxygen atoms in total. The normalized spacial score (nSPS) is 15.4. The average Bonchev–Trinajstić information content (AvgIpc) is 2.44. The highest BCUT2D eigenvalue weighted by Crippen LogP contribution is 2.66. The predicted molar refractivity (Wildman–Crippen MR) is 107 cm³/mol. The fourth-order valence-electron chi connectivity index (χ4n) is 4.19. The number of hydrogen-bond acceptors (Lipinski definition) is 1. The molecule has 0 aromatic rings. The van der Waals surface area contributed by atoms with Crippen molar-refractivity contribution >= 4 is 6.41 Å². The van der Waals surface area contributed by atoms with Gasteiger partial charge in [0, 0.05) is 12.6 Å². The van der Waals surface area contributed by atoms with Gasteiger partial charge in [-0.2, -0.15) is 0 Å². The first-order valence-corrected chi connectivity index (χ1v) is 9.48. The number of carbonyl (C=O) groups is 1. The van der Waals surface area contributed by atoms with E-state index in [2.05, 4.69) is 90.0 Å². The van der Waals surface area contributed by atoms with Gasteiger partial charge in [0.1, 0.15) is 0 Å². The second-order valence-electron chi connectivity index (χ2n) is 11.0. The van der Waals surface area contributed by atoms with Crippen LogP contribution in [0.15, 0.2) is 0 Å². The first-order valence-electron chi connectivity index (χ1n) is 9.48. The molecule has 0 bridgehead atoms. The van der Waals surface area contributed by atoms with E-state index in [9.17, 15) is 4.79 Å². The lowest BCUT2D eigenvalue weighted by Crippen LogP contribution is -2.64. The van der Waals surface area contributed by atoms with Gasteiger partial charge in [-0.3, -0.25) is 4.79 Å². The van der Waals surface area contributed by atoms with Gasteiger partial charge in [-0.25, -0.2) is 0 Å². The van der Waals surface area contributed by atoms with E-state index >= 15 is 0 Å². The molecule has 0 saturated carbocycles. The summed E-state index contributed by atoms with van der Waals surface area (Å²) in [5, 5.41) is 0. The molecule has 0 aliphatic heterocycles. The summed E-state index contributed by atoms with van der Waals surface area (Å²) in [6, 6.07) is 0. The topological polar surface area (TPSA) is 20.3 Å². The zero-order valence-electron chi connectivity index (χ0n) is 19.1. The number of rotatable bonds is 8. The molecule has 0 aliphatic carbocycles. The molecule has 0 N–H and O–H groups in total. The number of carbonyl (C=O) groups excluding carboxylic acids is 1. The van der Waals surface area contributed by atoms with Crippen LogP contribution in [0, 0.1) is 27.1 Å². The Hall–Kier alpha value is -0.530. The van der Waals surface area contributed by atoms with Crippen molar-refractivity contribution in [1.82, 2.24) is 4.90 Å². The minimum Gasteiger partial charge on any atom is -0.343 e. The van der Waals surface area contributed by atoms with Crippen molar-refractivity contribution in [2.75, 3.05) is 7.05 Å². The standard InChI is InChI=1S/C22H45NO/c1-15-17(2,3)18(4,5)19(6,7)20(8,9)21(10,11)22(12,13)23(14)16-24/h16H,15H2,1-14H3. The van der Waals surface area contributed by atoms with Gasteiger partial charge in [-0.05, 0) is 40.9 Å². The van der Waals surface area contributed by atoms with E-state index in [0.29, 0.717) is 0 Å². The van der Waals surface area contributed by atoms with Crippen LogP contribution in [0.5, 0.6) is 0 Å². The number of hydrogen-bond donors (Lipinski definition) is 0. The second kappa shape index (κ2) is 6.32. The SMILES string of the molecule is CCC(C)(C)C(C)(C)C(C)(C)C(C)(C)C(C)(C)C(C)(C)N(C)C=O. The number of nitrogens with zero attached hydrogens (tertiary/aromatic N) is 1. The molecule has 0 atom stereocenters. The Bertz CT molecular complexity index is 453. The Morgan fingerprint density at radius 3 is 1.29 bits per heavy atom. The Kier molecular flexibility index (Phi) is 6.18. The summed E-state index contributed by atoms with van der Waals surface area (Å²) >= 11 is 0. The van der Waals surface area contributed by atoms with Crippen molar-refractivity contribution < 1.29 is 4.79 Å². The third kappa shape index (κ3) is 2.92. The summed E-state index contributed by atoms with van der Waals surface area (Å²) in [6.07, 6.45) is 2.11. The molecule has 0 unspecified atom stereocenters. The molecule has 0 aromatic heterocycles. The summed E-state index contributed by atoms with van der Waals surface area (Å²) < 4.78 is 0. The van der Waals surface area contributed by atoms with E-state index in [1.165, 1.54) is 0 Å². The maximum Gasteiger partial charge on any atom is 0.209 e. The minimum absolute atomic E-state index is 0.00326. The van der Waals surface area contributed by atoms with Gasteiger partial charge in [-0.1, -0.05) is 82.6 Å². The van der Waals surface area contributed by atoms with Crippen LogP contribution in [0.2, 0.25) is 0 Å². The zero-order chi connectivity index (χ0) is 20.0. The summed E-state index contributed by atoms with van der Waals surface area (Å²) in [5.41, 5.74) is 0.0822. The fraction of sp³-hybridized carbons (Fsp3) is 0.955. The van der Waals surface area contributed by atoms with E-state index < -0.39 is 0 Å². The predicted octanol–water partition coefficient (Wildman–Crippen LogP) is 6.39. The van der Waals surface area contributed by atoms with Gasteiger partial charge >= 0.3 is 0 Å². The van der Waals surface area contributed by atoms with Gasteiger partial charge in [-0.15, -0.1) is 0 Å². The molecule has 0 spiro atoms. The van der Waals surface area contributed by atoms with Crippen molar-refractivity contribution in [3.8, 4) is 0 Å². The highest BCUT2D eigenvalue weighted by Gasteiger charge is 2.62. The Balaban J connectivity index is 6.35. The average molecular weight is 340 g/mol. The molecule has 2 heteroatoms. The Labute approximate surface area is 152 Å². The Morgan fingerprint density at radius 2 is 1.00 bits per heavy atom. The van der Waals surface area contributed by atoms with Crippen molar-refractivity contribution in [3.63, 3.8) is 0 Å². The van der Waals surface area contributed by atoms with Crippen LogP contribution < -0.4 is 0 Å². The lowest BCUT2D eigenvalue weighted by molar-refractivity contribution is -0.178. The molecule has 0 fully saturated rings. The minimum atomic E-state index is -0.248. The maximum absolute atomic E-state index is 11.5.